The van der Waals surface area contributed by atoms with Gasteiger partial charge in [-0.2, -0.15) is 0 Å². The van der Waals surface area contributed by atoms with Gasteiger partial charge < -0.3 is 4.98 Å². The minimum Gasteiger partial charge on any atom is -0.304 e. The van der Waals surface area contributed by atoms with E-state index in [0.717, 1.165) is 40.8 Å². The molecule has 0 saturated carbocycles. The number of benzene rings is 3. The third-order valence-corrected chi connectivity index (χ3v) is 6.70. The van der Waals surface area contributed by atoms with E-state index in [1.165, 1.54) is 36.8 Å². The van der Waals surface area contributed by atoms with Crippen LogP contribution < -0.4 is 0 Å². The van der Waals surface area contributed by atoms with Crippen molar-refractivity contribution in [2.75, 3.05) is 0 Å². The molecule has 5 rings (SSSR count). The molecule has 0 unspecified atom stereocenters. The van der Waals surface area contributed by atoms with E-state index in [1.54, 1.807) is 0 Å². The fraction of sp³-hybridized carbons (Fsp3) is 0.235. The maximum atomic E-state index is 4.90. The summed E-state index contributed by atoms with van der Waals surface area (Å²) in [6, 6.07) is 32.3. The van der Waals surface area contributed by atoms with E-state index in [1.807, 2.05) is 42.6 Å². The molecule has 0 aliphatic heterocycles. The molecule has 2 aromatic heterocycles. The Morgan fingerprint density at radius 3 is 1.54 bits per heavy atom. The molecule has 4 nitrogen and oxygen atoms in total. The first-order chi connectivity index (χ1) is 18.7. The number of pyridine rings is 1. The summed E-state index contributed by atoms with van der Waals surface area (Å²) in [6.45, 7) is 4.44. The number of nitrogens with zero attached hydrogens (tertiary/aromatic N) is 4. The standard InChI is InChI=1S/C34H33N4.Ir/c1-3-5-10-25-14-18-28(19-15-25)32-36-33(29-20-16-26(17-21-29)11-6-4-2)38-34(37-32)30-22-23-31(35-24-30)27-12-8-7-9-13-27;/h7-9,12,14-24H,3-6,10-11H2,1-2H3;/q-1;. The first kappa shape index (κ1) is 28.5. The van der Waals surface area contributed by atoms with Gasteiger partial charge in [-0.25, -0.2) is 15.0 Å². The quantitative estimate of drug-likeness (QED) is 0.138. The molecule has 0 spiro atoms. The van der Waals surface area contributed by atoms with Crippen molar-refractivity contribution < 1.29 is 20.1 Å². The fourth-order valence-electron chi connectivity index (χ4n) is 4.40. The molecule has 39 heavy (non-hydrogen) atoms. The average Bonchev–Trinajstić information content (AvgIpc) is 3.00. The Balaban J connectivity index is 0.00000353. The Labute approximate surface area is 245 Å². The average molecular weight is 690 g/mol. The molecule has 5 aromatic rings. The maximum absolute atomic E-state index is 4.90. The van der Waals surface area contributed by atoms with Crippen molar-refractivity contribution in [3.05, 3.63) is 108 Å². The smallest absolute Gasteiger partial charge is 0.165 e. The van der Waals surface area contributed by atoms with Crippen LogP contribution in [-0.2, 0) is 32.9 Å². The van der Waals surface area contributed by atoms with Gasteiger partial charge in [0.1, 0.15) is 0 Å². The molecule has 2 heterocycles. The van der Waals surface area contributed by atoms with Gasteiger partial charge in [-0.15, -0.1) is 35.9 Å². The van der Waals surface area contributed by atoms with E-state index < -0.39 is 0 Å². The van der Waals surface area contributed by atoms with Crippen molar-refractivity contribution >= 4 is 0 Å². The van der Waals surface area contributed by atoms with Crippen LogP contribution >= 0.6 is 0 Å². The number of aryl methyl sites for hydroxylation is 2. The Bertz CT molecular complexity index is 1380. The van der Waals surface area contributed by atoms with E-state index in [4.69, 9.17) is 15.0 Å². The van der Waals surface area contributed by atoms with Gasteiger partial charge in [0.15, 0.2) is 17.5 Å². The summed E-state index contributed by atoms with van der Waals surface area (Å²) in [6.07, 6.45) is 8.77. The van der Waals surface area contributed by atoms with Crippen LogP contribution in [0.3, 0.4) is 0 Å². The van der Waals surface area contributed by atoms with Crippen LogP contribution in [0.2, 0.25) is 0 Å². The van der Waals surface area contributed by atoms with E-state index in [9.17, 15) is 0 Å². The van der Waals surface area contributed by atoms with Crippen molar-refractivity contribution in [1.82, 2.24) is 19.9 Å². The number of aromatic nitrogens is 4. The Morgan fingerprint density at radius 1 is 0.590 bits per heavy atom. The molecule has 3 aromatic carbocycles. The van der Waals surface area contributed by atoms with E-state index >= 15 is 0 Å². The minimum absolute atomic E-state index is 0. The Morgan fingerprint density at radius 2 is 1.10 bits per heavy atom. The number of unbranched alkanes of at least 4 members (excludes halogenated alkanes) is 2. The molecule has 0 saturated heterocycles. The molecule has 5 heteroatoms. The predicted molar refractivity (Wildman–Crippen MR) is 155 cm³/mol. The zero-order valence-corrected chi connectivity index (χ0v) is 24.9. The van der Waals surface area contributed by atoms with Crippen molar-refractivity contribution in [3.8, 4) is 45.4 Å². The van der Waals surface area contributed by atoms with Crippen LogP contribution in [0, 0.1) is 6.07 Å². The van der Waals surface area contributed by atoms with Crippen LogP contribution in [0.4, 0.5) is 0 Å². The molecule has 0 amide bonds. The van der Waals surface area contributed by atoms with Crippen LogP contribution in [0.25, 0.3) is 45.4 Å². The summed E-state index contributed by atoms with van der Waals surface area (Å²) >= 11 is 0. The summed E-state index contributed by atoms with van der Waals surface area (Å²) in [4.78, 5) is 19.3. The van der Waals surface area contributed by atoms with Gasteiger partial charge in [-0.3, -0.25) is 0 Å². The number of hydrogen-bond acceptors (Lipinski definition) is 4. The Kier molecular flexibility index (Phi) is 10.2. The second-order valence-corrected chi connectivity index (χ2v) is 9.62. The van der Waals surface area contributed by atoms with Gasteiger partial charge in [0, 0.05) is 43.0 Å². The van der Waals surface area contributed by atoms with Crippen molar-refractivity contribution in [2.24, 2.45) is 0 Å². The van der Waals surface area contributed by atoms with Gasteiger partial charge in [0.25, 0.3) is 0 Å². The van der Waals surface area contributed by atoms with Gasteiger partial charge in [0.2, 0.25) is 0 Å². The SMILES string of the molecule is CCCCc1ccc(-c2nc(-c3ccc(CCCC)cc3)nc(-c3ccc(-c4[c-]cccc4)nc3)n2)cc1.[Ir]. The number of hydrogen-bond donors (Lipinski definition) is 0. The monoisotopic (exact) mass is 690 g/mol. The summed E-state index contributed by atoms with van der Waals surface area (Å²) < 4.78 is 0. The van der Waals surface area contributed by atoms with Crippen molar-refractivity contribution in [1.29, 1.82) is 0 Å². The topological polar surface area (TPSA) is 51.6 Å². The zero-order valence-electron chi connectivity index (χ0n) is 22.5. The van der Waals surface area contributed by atoms with Gasteiger partial charge in [-0.1, -0.05) is 87.4 Å². The molecule has 1 radical (unpaired) electrons. The van der Waals surface area contributed by atoms with Gasteiger partial charge in [-0.05, 0) is 42.5 Å². The molecule has 0 fully saturated rings. The first-order valence-corrected chi connectivity index (χ1v) is 13.6. The van der Waals surface area contributed by atoms with Crippen molar-refractivity contribution in [2.45, 2.75) is 52.4 Å². The number of rotatable bonds is 10. The summed E-state index contributed by atoms with van der Waals surface area (Å²) in [5, 5.41) is 0. The third kappa shape index (κ3) is 7.32. The zero-order chi connectivity index (χ0) is 26.2. The first-order valence-electron chi connectivity index (χ1n) is 13.6. The van der Waals surface area contributed by atoms with Gasteiger partial charge >= 0.3 is 0 Å². The largest absolute Gasteiger partial charge is 0.304 e. The summed E-state index contributed by atoms with van der Waals surface area (Å²) in [5.74, 6) is 1.95. The normalized spacial score (nSPS) is 10.7. The summed E-state index contributed by atoms with van der Waals surface area (Å²) in [5.41, 5.74) is 7.33. The molecular weight excluding hydrogens is 657 g/mol. The second-order valence-electron chi connectivity index (χ2n) is 9.62. The van der Waals surface area contributed by atoms with Gasteiger partial charge in [0.05, 0.1) is 0 Å². The van der Waals surface area contributed by atoms with Crippen LogP contribution in [0.5, 0.6) is 0 Å². The van der Waals surface area contributed by atoms with Crippen molar-refractivity contribution in [3.63, 3.8) is 0 Å². The van der Waals surface area contributed by atoms with Crippen LogP contribution in [0.1, 0.15) is 50.7 Å². The summed E-state index contributed by atoms with van der Waals surface area (Å²) in [7, 11) is 0. The molecule has 0 aliphatic rings. The third-order valence-electron chi connectivity index (χ3n) is 6.70. The predicted octanol–water partition coefficient (Wildman–Crippen LogP) is 8.42. The molecule has 0 bridgehead atoms. The fourth-order valence-corrected chi connectivity index (χ4v) is 4.40. The van der Waals surface area contributed by atoms with E-state index in [0.29, 0.717) is 17.5 Å². The van der Waals surface area contributed by atoms with Crippen LogP contribution in [-0.4, -0.2) is 19.9 Å². The molecule has 0 aliphatic carbocycles. The Hall–Kier alpha value is -3.53. The molecule has 0 N–H and O–H groups in total. The van der Waals surface area contributed by atoms with E-state index in [2.05, 4.69) is 73.4 Å². The van der Waals surface area contributed by atoms with E-state index in [-0.39, 0.29) is 20.1 Å². The maximum Gasteiger partial charge on any atom is 0.165 e. The van der Waals surface area contributed by atoms with Crippen LogP contribution in [0.15, 0.2) is 91.1 Å². The minimum atomic E-state index is 0. The second kappa shape index (κ2) is 14.0. The molecule has 0 atom stereocenters. The molecule has 199 valence electrons. The molecular formula is C34H33IrN4-.